The van der Waals surface area contributed by atoms with E-state index < -0.39 is 0 Å². The quantitative estimate of drug-likeness (QED) is 0.141. The molecule has 0 atom stereocenters. The number of anilines is 7. The van der Waals surface area contributed by atoms with Crippen LogP contribution in [-0.2, 0) is 16.2 Å². The Morgan fingerprint density at radius 1 is 0.545 bits per heavy atom. The van der Waals surface area contributed by atoms with E-state index in [1.807, 2.05) is 11.8 Å². The van der Waals surface area contributed by atoms with Crippen molar-refractivity contribution < 1.29 is 4.63 Å². The van der Waals surface area contributed by atoms with Crippen molar-refractivity contribution in [3.8, 4) is 11.1 Å². The predicted octanol–water partition coefficient (Wildman–Crippen LogP) is 13.9. The zero-order chi connectivity index (χ0) is 46.3. The summed E-state index contributed by atoms with van der Waals surface area (Å²) in [6.45, 7) is 26.8. The first-order chi connectivity index (χ1) is 31.5. The van der Waals surface area contributed by atoms with Gasteiger partial charge in [-0.3, -0.25) is 0 Å². The Balaban J connectivity index is 1.20. The number of fused-ring (bicyclic) bond motifs is 5. The Bertz CT molecular complexity index is 3100. The van der Waals surface area contributed by atoms with Crippen LogP contribution in [0.15, 0.2) is 154 Å². The van der Waals surface area contributed by atoms with Gasteiger partial charge in [0, 0.05) is 62.6 Å². The molecular weight excluding hydrogens is 826 g/mol. The summed E-state index contributed by atoms with van der Waals surface area (Å²) >= 11 is 1.89. The number of hydrogen-bond acceptors (Lipinski definition) is 7. The predicted molar refractivity (Wildman–Crippen MR) is 281 cm³/mol. The minimum absolute atomic E-state index is 0.0186. The lowest BCUT2D eigenvalue weighted by atomic mass is 9.35. The Hall–Kier alpha value is -6.25. The molecule has 0 unspecified atom stereocenters. The second kappa shape index (κ2) is 16.3. The van der Waals surface area contributed by atoms with Crippen LogP contribution < -0.4 is 31.1 Å². The Morgan fingerprint density at radius 3 is 1.77 bits per heavy atom. The van der Waals surface area contributed by atoms with Gasteiger partial charge in [-0.05, 0) is 146 Å². The Kier molecular flexibility index (Phi) is 10.8. The third-order valence-electron chi connectivity index (χ3n) is 13.7. The lowest BCUT2D eigenvalue weighted by Gasteiger charge is -2.41. The molecule has 0 spiro atoms. The lowest BCUT2D eigenvalue weighted by molar-refractivity contribution is 0.315. The second-order valence-corrected chi connectivity index (χ2v) is 22.2. The molecule has 0 aliphatic carbocycles. The third kappa shape index (κ3) is 7.67. The normalized spacial score (nSPS) is 13.4. The van der Waals surface area contributed by atoms with Crippen molar-refractivity contribution in [1.82, 2.24) is 10.3 Å². The fourth-order valence-corrected chi connectivity index (χ4v) is 11.1. The summed E-state index contributed by atoms with van der Waals surface area (Å²) in [4.78, 5) is 9.90. The monoisotopic (exact) mass is 885 g/mol. The van der Waals surface area contributed by atoms with Crippen LogP contribution in [0.2, 0.25) is 0 Å². The maximum atomic E-state index is 5.40. The molecule has 0 saturated heterocycles. The van der Waals surface area contributed by atoms with Gasteiger partial charge in [0.05, 0.1) is 5.69 Å². The average Bonchev–Trinajstić information content (AvgIpc) is 3.76. The van der Waals surface area contributed by atoms with Gasteiger partial charge in [0.25, 0.3) is 0 Å². The van der Waals surface area contributed by atoms with Crippen LogP contribution in [0.25, 0.3) is 22.2 Å². The maximum absolute atomic E-state index is 5.40. The van der Waals surface area contributed by atoms with Gasteiger partial charge in [0.2, 0.25) is 6.71 Å². The van der Waals surface area contributed by atoms with E-state index in [1.165, 1.54) is 65.4 Å². The second-order valence-electron chi connectivity index (χ2n) is 21.1. The molecule has 2 aliphatic rings. The molecule has 0 radical (unpaired) electrons. The van der Waals surface area contributed by atoms with E-state index >= 15 is 0 Å². The molecule has 0 amide bonds. The molecule has 0 fully saturated rings. The highest BCUT2D eigenvalue weighted by Gasteiger charge is 2.42. The van der Waals surface area contributed by atoms with Crippen molar-refractivity contribution in [2.24, 2.45) is 0 Å². The fourth-order valence-electron chi connectivity index (χ4n) is 9.88. The molecule has 10 rings (SSSR count). The van der Waals surface area contributed by atoms with Gasteiger partial charge in [0.1, 0.15) is 11.0 Å². The highest BCUT2D eigenvalue weighted by molar-refractivity contribution is 8.00. The Morgan fingerprint density at radius 2 is 1.14 bits per heavy atom. The molecule has 8 aromatic rings. The molecule has 2 aliphatic heterocycles. The maximum Gasteiger partial charge on any atom is 0.249 e. The van der Waals surface area contributed by atoms with E-state index in [4.69, 9.17) is 4.63 Å². The first-order valence-corrected chi connectivity index (χ1v) is 24.4. The minimum atomic E-state index is -0.0438. The summed E-state index contributed by atoms with van der Waals surface area (Å²) in [5.41, 5.74) is 19.6. The van der Waals surface area contributed by atoms with Crippen molar-refractivity contribution in [2.75, 3.05) is 27.8 Å². The molecule has 3 heterocycles. The molecule has 6 nitrogen and oxygen atoms in total. The topological polar surface area (TPSA) is 48.6 Å². The summed E-state index contributed by atoms with van der Waals surface area (Å²) in [7, 11) is 0. The van der Waals surface area contributed by atoms with Crippen LogP contribution in [-0.4, -0.2) is 30.1 Å². The molecule has 8 heteroatoms. The number of nitrogens with zero attached hydrogens (tertiary/aromatic N) is 5. The van der Waals surface area contributed by atoms with Crippen molar-refractivity contribution in [2.45, 2.75) is 102 Å². The van der Waals surface area contributed by atoms with E-state index in [2.05, 4.69) is 241 Å². The largest absolute Gasteiger partial charge is 0.372 e. The van der Waals surface area contributed by atoms with Crippen LogP contribution in [0.5, 0.6) is 0 Å². The third-order valence-corrected chi connectivity index (χ3v) is 14.8. The van der Waals surface area contributed by atoms with Gasteiger partial charge in [-0.1, -0.05) is 146 Å². The summed E-state index contributed by atoms with van der Waals surface area (Å²) in [6.07, 6.45) is 0. The first-order valence-electron chi connectivity index (χ1n) is 23.5. The highest BCUT2D eigenvalue weighted by atomic mass is 32.2. The van der Waals surface area contributed by atoms with Gasteiger partial charge >= 0.3 is 0 Å². The van der Waals surface area contributed by atoms with Crippen molar-refractivity contribution in [3.63, 3.8) is 0 Å². The number of benzene rings is 7. The van der Waals surface area contributed by atoms with Gasteiger partial charge in [-0.25, -0.2) is 4.63 Å². The first kappa shape index (κ1) is 43.6. The highest BCUT2D eigenvalue weighted by Crippen LogP contribution is 2.48. The lowest BCUT2D eigenvalue weighted by Crippen LogP contribution is -2.60. The minimum Gasteiger partial charge on any atom is -0.372 e. The zero-order valence-electron chi connectivity index (χ0n) is 40.3. The molecule has 66 heavy (non-hydrogen) atoms. The molecule has 1 aromatic heterocycles. The van der Waals surface area contributed by atoms with Crippen molar-refractivity contribution in [3.05, 3.63) is 156 Å². The summed E-state index contributed by atoms with van der Waals surface area (Å²) < 4.78 is 5.40. The van der Waals surface area contributed by atoms with Crippen molar-refractivity contribution in [1.29, 1.82) is 0 Å². The van der Waals surface area contributed by atoms with Crippen LogP contribution in [0.1, 0.15) is 92.9 Å². The van der Waals surface area contributed by atoms with E-state index in [0.717, 1.165) is 52.6 Å². The molecular formula is C58H60BN5OS. The molecule has 0 saturated carbocycles. The van der Waals surface area contributed by atoms with Crippen LogP contribution >= 0.6 is 11.8 Å². The van der Waals surface area contributed by atoms with E-state index in [0.29, 0.717) is 0 Å². The zero-order valence-corrected chi connectivity index (χ0v) is 41.1. The van der Waals surface area contributed by atoms with Crippen molar-refractivity contribution >= 4 is 85.7 Å². The van der Waals surface area contributed by atoms with Crippen LogP contribution in [0.4, 0.5) is 39.8 Å². The summed E-state index contributed by atoms with van der Waals surface area (Å²) in [6, 6.07) is 52.7. The SMILES string of the molecule is CCN(CC)c1cc2c3c(c1)N(c1ccc(C(C)(C)C)cc1)c1cc4nonc4cc1B3c1ccc(N(c3ccc(C(C)(C)C)cc3)c3ccc(C(C)(C)C)cc3-c3ccccc3)cc1S2. The van der Waals surface area contributed by atoms with Gasteiger partial charge in [0.15, 0.2) is 0 Å². The fraction of sp³-hybridized carbons (Fsp3) is 0.276. The smallest absolute Gasteiger partial charge is 0.249 e. The Labute approximate surface area is 396 Å². The van der Waals surface area contributed by atoms with Crippen LogP contribution in [0.3, 0.4) is 0 Å². The molecule has 0 N–H and O–H groups in total. The van der Waals surface area contributed by atoms with Gasteiger partial charge < -0.3 is 14.7 Å². The average molecular weight is 886 g/mol. The molecule has 0 bridgehead atoms. The van der Waals surface area contributed by atoms with E-state index in [9.17, 15) is 0 Å². The standard InChI is InChI=1S/C58H60BN5OS/c1-12-62(13-2)44-32-52-55-54(34-44)66-53-33-43(28-29-46(53)59(55)47-35-48-49(61-65-60-48)36-51(47)64(52)42-26-21-39(22-27-42)57(6,7)8)63(41-24-19-38(20-25-41)56(3,4)5)50-30-23-40(58(9,10)11)31-45(50)37-17-15-14-16-18-37/h14-36H,12-13H2,1-11H3. The summed E-state index contributed by atoms with van der Waals surface area (Å²) in [5, 5.41) is 8.78. The van der Waals surface area contributed by atoms with Gasteiger partial charge in [-0.2, -0.15) is 0 Å². The van der Waals surface area contributed by atoms with E-state index in [-0.39, 0.29) is 23.0 Å². The van der Waals surface area contributed by atoms with E-state index in [1.54, 1.807) is 0 Å². The molecule has 7 aromatic carbocycles. The number of hydrogen-bond donors (Lipinski definition) is 0. The van der Waals surface area contributed by atoms with Crippen LogP contribution in [0, 0.1) is 0 Å². The summed E-state index contributed by atoms with van der Waals surface area (Å²) in [5.74, 6) is 0. The van der Waals surface area contributed by atoms with Gasteiger partial charge in [-0.15, -0.1) is 0 Å². The number of rotatable bonds is 8. The number of aromatic nitrogens is 2. The molecule has 332 valence electrons.